The third-order valence-corrected chi connectivity index (χ3v) is 4.24. The van der Waals surface area contributed by atoms with Crippen LogP contribution in [-0.2, 0) is 6.54 Å². The van der Waals surface area contributed by atoms with Gasteiger partial charge in [0, 0.05) is 25.7 Å². The molecule has 2 aliphatic rings. The molecule has 1 aromatic rings. The van der Waals surface area contributed by atoms with Gasteiger partial charge in [-0.25, -0.2) is 8.78 Å². The minimum Gasteiger partial charge on any atom is -0.366 e. The fourth-order valence-electron chi connectivity index (χ4n) is 2.88. The molecule has 1 N–H and O–H groups in total. The first-order valence-electron chi connectivity index (χ1n) is 7.41. The molecule has 1 saturated heterocycles. The van der Waals surface area contributed by atoms with Crippen molar-refractivity contribution in [3.8, 4) is 0 Å². The molecule has 110 valence electrons. The number of nitrogens with one attached hydrogen (secondary N) is 1. The van der Waals surface area contributed by atoms with Gasteiger partial charge >= 0.3 is 0 Å². The minimum atomic E-state index is -0.435. The molecule has 3 rings (SSSR count). The average molecular weight is 280 g/mol. The Kier molecular flexibility index (Phi) is 3.44. The van der Waals surface area contributed by atoms with Gasteiger partial charge in [-0.15, -0.1) is 0 Å². The van der Waals surface area contributed by atoms with E-state index in [2.05, 4.69) is 19.2 Å². The van der Waals surface area contributed by atoms with Crippen molar-refractivity contribution >= 4 is 5.69 Å². The van der Waals surface area contributed by atoms with Crippen LogP contribution in [0.2, 0.25) is 0 Å². The van der Waals surface area contributed by atoms with E-state index in [9.17, 15) is 8.78 Å². The van der Waals surface area contributed by atoms with E-state index in [0.717, 1.165) is 13.0 Å². The molecule has 1 aromatic carbocycles. The summed E-state index contributed by atoms with van der Waals surface area (Å²) in [6.07, 6.45) is 3.31. The molecule has 0 unspecified atom stereocenters. The molecule has 1 saturated carbocycles. The molecule has 0 spiro atoms. The van der Waals surface area contributed by atoms with Crippen LogP contribution in [0.4, 0.5) is 14.5 Å². The molecular weight excluding hydrogens is 258 g/mol. The normalized spacial score (nSPS) is 21.5. The van der Waals surface area contributed by atoms with E-state index in [1.807, 2.05) is 4.90 Å². The standard InChI is InChI=1S/C16H22F2N2/c1-16(2)5-6-20(10-16)15-13(17)7-11(8-14(15)18)9-19-12-3-4-12/h7-8,12,19H,3-6,9-10H2,1-2H3. The smallest absolute Gasteiger partial charge is 0.149 e. The first-order chi connectivity index (χ1) is 9.44. The quantitative estimate of drug-likeness (QED) is 0.908. The maximum Gasteiger partial charge on any atom is 0.149 e. The van der Waals surface area contributed by atoms with Gasteiger partial charge in [-0.1, -0.05) is 13.8 Å². The fourth-order valence-corrected chi connectivity index (χ4v) is 2.88. The van der Waals surface area contributed by atoms with E-state index in [1.54, 1.807) is 0 Å². The van der Waals surface area contributed by atoms with Crippen LogP contribution in [0.5, 0.6) is 0 Å². The summed E-state index contributed by atoms with van der Waals surface area (Å²) in [7, 11) is 0. The van der Waals surface area contributed by atoms with Crippen LogP contribution in [0.15, 0.2) is 12.1 Å². The van der Waals surface area contributed by atoms with Crippen LogP contribution in [0.3, 0.4) is 0 Å². The van der Waals surface area contributed by atoms with E-state index in [-0.39, 0.29) is 11.1 Å². The Morgan fingerprint density at radius 3 is 2.40 bits per heavy atom. The Bertz CT molecular complexity index is 486. The van der Waals surface area contributed by atoms with Crippen molar-refractivity contribution in [2.45, 2.75) is 45.7 Å². The summed E-state index contributed by atoms with van der Waals surface area (Å²) in [6, 6.07) is 3.48. The first-order valence-corrected chi connectivity index (χ1v) is 7.41. The highest BCUT2D eigenvalue weighted by Gasteiger charge is 2.32. The molecule has 1 heterocycles. The maximum atomic E-state index is 14.2. The molecule has 0 aromatic heterocycles. The van der Waals surface area contributed by atoms with Gasteiger partial charge in [0.05, 0.1) is 0 Å². The number of nitrogens with zero attached hydrogens (tertiary/aromatic N) is 1. The summed E-state index contributed by atoms with van der Waals surface area (Å²) < 4.78 is 28.5. The molecule has 1 aliphatic heterocycles. The van der Waals surface area contributed by atoms with Crippen LogP contribution < -0.4 is 10.2 Å². The average Bonchev–Trinajstić information content (AvgIpc) is 3.10. The Labute approximate surface area is 119 Å². The first kappa shape index (κ1) is 13.8. The van der Waals surface area contributed by atoms with E-state index in [1.165, 1.54) is 25.0 Å². The van der Waals surface area contributed by atoms with E-state index < -0.39 is 11.6 Å². The van der Waals surface area contributed by atoms with Gasteiger partial charge < -0.3 is 10.2 Å². The molecule has 1 aliphatic carbocycles. The van der Waals surface area contributed by atoms with Crippen molar-refractivity contribution < 1.29 is 8.78 Å². The van der Waals surface area contributed by atoms with E-state index >= 15 is 0 Å². The molecule has 20 heavy (non-hydrogen) atoms. The van der Waals surface area contributed by atoms with Crippen LogP contribution in [0, 0.1) is 17.0 Å². The number of halogens is 2. The number of rotatable bonds is 4. The predicted molar refractivity (Wildman–Crippen MR) is 76.8 cm³/mol. The van der Waals surface area contributed by atoms with Gasteiger partial charge in [0.2, 0.25) is 0 Å². The van der Waals surface area contributed by atoms with Crippen molar-refractivity contribution in [1.82, 2.24) is 5.32 Å². The third-order valence-electron chi connectivity index (χ3n) is 4.24. The summed E-state index contributed by atoms with van der Waals surface area (Å²) in [5.41, 5.74) is 0.963. The SMILES string of the molecule is CC1(C)CCN(c2c(F)cc(CNC3CC3)cc2F)C1. The lowest BCUT2D eigenvalue weighted by molar-refractivity contribution is 0.417. The van der Waals surface area contributed by atoms with Gasteiger partial charge in [-0.2, -0.15) is 0 Å². The Morgan fingerprint density at radius 2 is 1.90 bits per heavy atom. The van der Waals surface area contributed by atoms with Gasteiger partial charge in [-0.3, -0.25) is 0 Å². The van der Waals surface area contributed by atoms with Crippen molar-refractivity contribution in [2.24, 2.45) is 5.41 Å². The number of hydrogen-bond acceptors (Lipinski definition) is 2. The maximum absolute atomic E-state index is 14.2. The second kappa shape index (κ2) is 4.99. The zero-order valence-electron chi connectivity index (χ0n) is 12.2. The zero-order chi connectivity index (χ0) is 14.3. The summed E-state index contributed by atoms with van der Waals surface area (Å²) in [4.78, 5) is 1.84. The lowest BCUT2D eigenvalue weighted by Crippen LogP contribution is -2.25. The van der Waals surface area contributed by atoms with Crippen LogP contribution in [0.25, 0.3) is 0 Å². The lowest BCUT2D eigenvalue weighted by Gasteiger charge is -2.23. The topological polar surface area (TPSA) is 15.3 Å². The minimum absolute atomic E-state index is 0.130. The monoisotopic (exact) mass is 280 g/mol. The predicted octanol–water partition coefficient (Wildman–Crippen LogP) is 3.45. The van der Waals surface area contributed by atoms with Crippen LogP contribution in [0.1, 0.15) is 38.7 Å². The largest absolute Gasteiger partial charge is 0.366 e. The third kappa shape index (κ3) is 2.95. The molecular formula is C16H22F2N2. The van der Waals surface area contributed by atoms with Gasteiger partial charge in [0.25, 0.3) is 0 Å². The molecule has 0 atom stereocenters. The van der Waals surface area contributed by atoms with Gasteiger partial charge in [-0.05, 0) is 42.4 Å². The van der Waals surface area contributed by atoms with Gasteiger partial charge in [0.15, 0.2) is 0 Å². The van der Waals surface area contributed by atoms with Crippen molar-refractivity contribution in [1.29, 1.82) is 0 Å². The fraction of sp³-hybridized carbons (Fsp3) is 0.625. The van der Waals surface area contributed by atoms with Crippen molar-refractivity contribution in [3.05, 3.63) is 29.3 Å². The highest BCUT2D eigenvalue weighted by molar-refractivity contribution is 5.52. The second-order valence-electron chi connectivity index (χ2n) is 6.90. The number of benzene rings is 1. The van der Waals surface area contributed by atoms with Gasteiger partial charge in [0.1, 0.15) is 17.3 Å². The molecule has 0 amide bonds. The van der Waals surface area contributed by atoms with Crippen molar-refractivity contribution in [2.75, 3.05) is 18.0 Å². The summed E-state index contributed by atoms with van der Waals surface area (Å²) in [5.74, 6) is -0.870. The Hall–Kier alpha value is -1.16. The number of hydrogen-bond donors (Lipinski definition) is 1. The molecule has 0 bridgehead atoms. The molecule has 0 radical (unpaired) electrons. The Morgan fingerprint density at radius 1 is 1.25 bits per heavy atom. The lowest BCUT2D eigenvalue weighted by atomic mass is 9.93. The molecule has 4 heteroatoms. The summed E-state index contributed by atoms with van der Waals surface area (Å²) in [6.45, 7) is 6.25. The Balaban J connectivity index is 1.77. The number of anilines is 1. The summed E-state index contributed by atoms with van der Waals surface area (Å²) >= 11 is 0. The van der Waals surface area contributed by atoms with Crippen LogP contribution >= 0.6 is 0 Å². The van der Waals surface area contributed by atoms with E-state index in [0.29, 0.717) is 24.7 Å². The van der Waals surface area contributed by atoms with E-state index in [4.69, 9.17) is 0 Å². The van der Waals surface area contributed by atoms with Crippen molar-refractivity contribution in [3.63, 3.8) is 0 Å². The highest BCUT2D eigenvalue weighted by atomic mass is 19.1. The highest BCUT2D eigenvalue weighted by Crippen LogP contribution is 2.35. The summed E-state index contributed by atoms with van der Waals surface area (Å²) in [5, 5.41) is 3.28. The molecule has 2 nitrogen and oxygen atoms in total. The van der Waals surface area contributed by atoms with Crippen LogP contribution in [-0.4, -0.2) is 19.1 Å². The zero-order valence-corrected chi connectivity index (χ0v) is 12.2. The molecule has 2 fully saturated rings. The second-order valence-corrected chi connectivity index (χ2v) is 6.90.